The zero-order chi connectivity index (χ0) is 18.1. The average Bonchev–Trinajstić information content (AvgIpc) is 3.11. The second-order valence-electron chi connectivity index (χ2n) is 6.84. The molecule has 0 saturated carbocycles. The summed E-state index contributed by atoms with van der Waals surface area (Å²) in [6, 6.07) is 4.93. The van der Waals surface area contributed by atoms with E-state index in [0.717, 1.165) is 41.3 Å². The van der Waals surface area contributed by atoms with Crippen LogP contribution in [0.2, 0.25) is 0 Å². The van der Waals surface area contributed by atoms with Crippen molar-refractivity contribution in [3.8, 4) is 0 Å². The molecule has 2 aliphatic heterocycles. The van der Waals surface area contributed by atoms with Crippen LogP contribution in [0.4, 0.5) is 14.3 Å². The molecule has 1 aromatic heterocycles. The van der Waals surface area contributed by atoms with Gasteiger partial charge in [-0.1, -0.05) is 11.3 Å². The molecule has 2 aromatic rings. The number of ether oxygens (including phenoxy) is 1. The molecule has 26 heavy (non-hydrogen) atoms. The van der Waals surface area contributed by atoms with Crippen molar-refractivity contribution in [2.24, 2.45) is 0 Å². The van der Waals surface area contributed by atoms with E-state index in [0.29, 0.717) is 26.3 Å². The summed E-state index contributed by atoms with van der Waals surface area (Å²) in [6.07, 6.45) is 2.00. The molecule has 1 aromatic carbocycles. The SMILES string of the molecule is CN(C(=O)N1CCOCC1)C1CCCN(c2nc3ccc(F)cc3s2)C1. The number of anilines is 1. The maximum absolute atomic E-state index is 13.4. The summed E-state index contributed by atoms with van der Waals surface area (Å²) in [5.41, 5.74) is 0.825. The van der Waals surface area contributed by atoms with Gasteiger partial charge >= 0.3 is 6.03 Å². The number of amides is 2. The molecule has 2 fully saturated rings. The highest BCUT2D eigenvalue weighted by molar-refractivity contribution is 7.22. The third-order valence-corrected chi connectivity index (χ3v) is 6.22. The van der Waals surface area contributed by atoms with Crippen molar-refractivity contribution >= 4 is 32.7 Å². The molecule has 3 heterocycles. The molecule has 6 nitrogen and oxygen atoms in total. The van der Waals surface area contributed by atoms with Gasteiger partial charge in [-0.05, 0) is 31.0 Å². The molecular formula is C18H23FN4O2S. The van der Waals surface area contributed by atoms with Gasteiger partial charge < -0.3 is 19.4 Å². The Morgan fingerprint density at radius 2 is 2.15 bits per heavy atom. The zero-order valence-electron chi connectivity index (χ0n) is 14.9. The number of likely N-dealkylation sites (N-methyl/N-ethyl adjacent to an activating group) is 1. The monoisotopic (exact) mass is 378 g/mol. The third-order valence-electron chi connectivity index (χ3n) is 5.14. The van der Waals surface area contributed by atoms with Gasteiger partial charge in [0.1, 0.15) is 5.82 Å². The number of piperidine rings is 1. The molecule has 0 bridgehead atoms. The molecule has 1 unspecified atom stereocenters. The summed E-state index contributed by atoms with van der Waals surface area (Å²) in [4.78, 5) is 23.3. The van der Waals surface area contributed by atoms with Crippen LogP contribution in [0.1, 0.15) is 12.8 Å². The number of hydrogen-bond acceptors (Lipinski definition) is 5. The number of carbonyl (C=O) groups excluding carboxylic acids is 1. The Bertz CT molecular complexity index is 793. The van der Waals surface area contributed by atoms with Crippen molar-refractivity contribution in [2.75, 3.05) is 51.3 Å². The topological polar surface area (TPSA) is 48.9 Å². The Hall–Kier alpha value is -1.93. The normalized spacial score (nSPS) is 21.2. The van der Waals surface area contributed by atoms with Crippen molar-refractivity contribution < 1.29 is 13.9 Å². The Labute approximate surface area is 156 Å². The number of morpholine rings is 1. The number of carbonyl (C=O) groups is 1. The van der Waals surface area contributed by atoms with E-state index < -0.39 is 0 Å². The van der Waals surface area contributed by atoms with Crippen molar-refractivity contribution in [1.29, 1.82) is 0 Å². The van der Waals surface area contributed by atoms with E-state index in [1.807, 2.05) is 16.8 Å². The van der Waals surface area contributed by atoms with Crippen molar-refractivity contribution in [3.05, 3.63) is 24.0 Å². The van der Waals surface area contributed by atoms with Gasteiger partial charge in [-0.25, -0.2) is 14.2 Å². The van der Waals surface area contributed by atoms with E-state index in [4.69, 9.17) is 4.74 Å². The van der Waals surface area contributed by atoms with Gasteiger partial charge in [-0.15, -0.1) is 0 Å². The van der Waals surface area contributed by atoms with Crippen LogP contribution in [0.3, 0.4) is 0 Å². The fourth-order valence-corrected chi connectivity index (χ4v) is 4.63. The number of urea groups is 1. The van der Waals surface area contributed by atoms with Crippen molar-refractivity contribution in [2.45, 2.75) is 18.9 Å². The maximum atomic E-state index is 13.4. The van der Waals surface area contributed by atoms with Gasteiger partial charge in [0.05, 0.1) is 29.5 Å². The smallest absolute Gasteiger partial charge is 0.320 e. The number of hydrogen-bond donors (Lipinski definition) is 0. The second kappa shape index (κ2) is 7.36. The summed E-state index contributed by atoms with van der Waals surface area (Å²) in [6.45, 7) is 4.20. The molecule has 8 heteroatoms. The summed E-state index contributed by atoms with van der Waals surface area (Å²) >= 11 is 1.51. The van der Waals surface area contributed by atoms with Gasteiger partial charge in [-0.3, -0.25) is 0 Å². The molecule has 2 aliphatic rings. The molecule has 2 saturated heterocycles. The van der Waals surface area contributed by atoms with Crippen LogP contribution in [-0.4, -0.2) is 73.3 Å². The van der Waals surface area contributed by atoms with Crippen molar-refractivity contribution in [3.63, 3.8) is 0 Å². The fourth-order valence-electron chi connectivity index (χ4n) is 3.60. The minimum absolute atomic E-state index is 0.0755. The molecule has 0 radical (unpaired) electrons. The lowest BCUT2D eigenvalue weighted by molar-refractivity contribution is 0.0414. The maximum Gasteiger partial charge on any atom is 0.320 e. The predicted octanol–water partition coefficient (Wildman–Crippen LogP) is 2.79. The number of benzene rings is 1. The lowest BCUT2D eigenvalue weighted by atomic mass is 10.1. The van der Waals surface area contributed by atoms with E-state index in [2.05, 4.69) is 9.88 Å². The fraction of sp³-hybridized carbons (Fsp3) is 0.556. The van der Waals surface area contributed by atoms with E-state index in [1.54, 1.807) is 6.07 Å². The highest BCUT2D eigenvalue weighted by Gasteiger charge is 2.30. The summed E-state index contributed by atoms with van der Waals surface area (Å²) in [5, 5.41) is 0.905. The minimum Gasteiger partial charge on any atom is -0.378 e. The summed E-state index contributed by atoms with van der Waals surface area (Å²) < 4.78 is 19.6. The number of thiazole rings is 1. The van der Waals surface area contributed by atoms with Crippen LogP contribution in [-0.2, 0) is 4.74 Å². The molecule has 0 spiro atoms. The second-order valence-corrected chi connectivity index (χ2v) is 7.85. The predicted molar refractivity (Wildman–Crippen MR) is 100 cm³/mol. The Morgan fingerprint density at radius 1 is 1.35 bits per heavy atom. The van der Waals surface area contributed by atoms with Gasteiger partial charge in [0.2, 0.25) is 0 Å². The molecule has 140 valence electrons. The Morgan fingerprint density at radius 3 is 2.96 bits per heavy atom. The van der Waals surface area contributed by atoms with E-state index in [9.17, 15) is 9.18 Å². The first-order valence-corrected chi connectivity index (χ1v) is 9.84. The van der Waals surface area contributed by atoms with Gasteiger partial charge in [-0.2, -0.15) is 0 Å². The van der Waals surface area contributed by atoms with E-state index in [1.165, 1.54) is 23.5 Å². The van der Waals surface area contributed by atoms with Crippen LogP contribution in [0.25, 0.3) is 10.2 Å². The first-order valence-electron chi connectivity index (χ1n) is 9.02. The van der Waals surface area contributed by atoms with Crippen LogP contribution in [0.5, 0.6) is 0 Å². The molecular weight excluding hydrogens is 355 g/mol. The van der Waals surface area contributed by atoms with Gasteiger partial charge in [0, 0.05) is 33.2 Å². The zero-order valence-corrected chi connectivity index (χ0v) is 15.7. The van der Waals surface area contributed by atoms with Gasteiger partial charge in [0.15, 0.2) is 5.13 Å². The van der Waals surface area contributed by atoms with Gasteiger partial charge in [0.25, 0.3) is 0 Å². The summed E-state index contributed by atoms with van der Waals surface area (Å²) in [7, 11) is 1.89. The first kappa shape index (κ1) is 17.5. The number of fused-ring (bicyclic) bond motifs is 1. The summed E-state index contributed by atoms with van der Waals surface area (Å²) in [5.74, 6) is -0.236. The number of rotatable bonds is 2. The quantitative estimate of drug-likeness (QED) is 0.806. The lowest BCUT2D eigenvalue weighted by Gasteiger charge is -2.40. The molecule has 4 rings (SSSR count). The number of halogens is 1. The van der Waals surface area contributed by atoms with Crippen LogP contribution < -0.4 is 4.90 Å². The highest BCUT2D eigenvalue weighted by Crippen LogP contribution is 2.31. The average molecular weight is 378 g/mol. The molecule has 2 amide bonds. The largest absolute Gasteiger partial charge is 0.378 e. The standard InChI is InChI=1S/C18H23FN4O2S/c1-21(18(24)22-7-9-25-10-8-22)14-3-2-6-23(12-14)17-20-15-5-4-13(19)11-16(15)26-17/h4-5,11,14H,2-3,6-10,12H2,1H3. The van der Waals surface area contributed by atoms with Crippen LogP contribution in [0, 0.1) is 5.82 Å². The van der Waals surface area contributed by atoms with Crippen LogP contribution in [0.15, 0.2) is 18.2 Å². The minimum atomic E-state index is -0.236. The molecule has 0 N–H and O–H groups in total. The Balaban J connectivity index is 1.46. The first-order chi connectivity index (χ1) is 12.6. The lowest BCUT2D eigenvalue weighted by Crippen LogP contribution is -2.54. The molecule has 1 atom stereocenters. The van der Waals surface area contributed by atoms with Crippen LogP contribution >= 0.6 is 11.3 Å². The van der Waals surface area contributed by atoms with Crippen molar-refractivity contribution in [1.82, 2.24) is 14.8 Å². The molecule has 0 aliphatic carbocycles. The van der Waals surface area contributed by atoms with E-state index in [-0.39, 0.29) is 17.9 Å². The Kier molecular flexibility index (Phi) is 4.95. The third kappa shape index (κ3) is 3.48. The number of nitrogens with zero attached hydrogens (tertiary/aromatic N) is 4. The number of aromatic nitrogens is 1. The highest BCUT2D eigenvalue weighted by atomic mass is 32.1. The van der Waals surface area contributed by atoms with E-state index >= 15 is 0 Å².